The van der Waals surface area contributed by atoms with E-state index in [4.69, 9.17) is 27.9 Å². The van der Waals surface area contributed by atoms with E-state index in [1.807, 2.05) is 12.2 Å². The standard InChI is InChI=1S/C30H39Cl2N5O4/c1-2-35-12-14-36(15-13-35)16-17-37-26(28(39)33-19-6-4-3-5-7-19)30-11-10-23(41-30)24(25(30)29(37)40)27(38)34-20-8-9-21(31)22(32)18-20/h8-11,18-19,23-26H,2-7,12-17H2,1H3,(H,33,39)(H,34,38)/t23-,24-,25-,26-,30+/m1/s1. The Kier molecular flexibility index (Phi) is 8.35. The molecule has 0 radical (unpaired) electrons. The molecule has 0 aromatic heterocycles. The van der Waals surface area contributed by atoms with Crippen molar-refractivity contribution in [2.45, 2.75) is 62.8 Å². The lowest BCUT2D eigenvalue weighted by atomic mass is 9.74. The highest BCUT2D eigenvalue weighted by molar-refractivity contribution is 6.42. The quantitative estimate of drug-likeness (QED) is 0.443. The Labute approximate surface area is 251 Å². The number of piperazine rings is 1. The zero-order valence-electron chi connectivity index (χ0n) is 23.5. The van der Waals surface area contributed by atoms with Gasteiger partial charge in [0.05, 0.1) is 28.0 Å². The molecule has 222 valence electrons. The number of hydrogen-bond donors (Lipinski definition) is 2. The molecule has 9 nitrogen and oxygen atoms in total. The van der Waals surface area contributed by atoms with Gasteiger partial charge in [-0.2, -0.15) is 0 Å². The predicted octanol–water partition coefficient (Wildman–Crippen LogP) is 3.17. The number of hydrogen-bond acceptors (Lipinski definition) is 6. The topological polar surface area (TPSA) is 94.2 Å². The number of likely N-dealkylation sites (N-methyl/N-ethyl adjacent to an activating group) is 1. The second kappa shape index (κ2) is 11.8. The van der Waals surface area contributed by atoms with E-state index in [2.05, 4.69) is 27.4 Å². The Bertz CT molecular complexity index is 1220. The van der Waals surface area contributed by atoms with E-state index < -0.39 is 29.6 Å². The highest BCUT2D eigenvalue weighted by Crippen LogP contribution is 2.55. The smallest absolute Gasteiger partial charge is 0.246 e. The number of fused-ring (bicyclic) bond motifs is 1. The molecule has 3 saturated heterocycles. The van der Waals surface area contributed by atoms with Crippen LogP contribution in [0.1, 0.15) is 39.0 Å². The van der Waals surface area contributed by atoms with Crippen LogP contribution in [0.4, 0.5) is 5.69 Å². The molecule has 5 atom stereocenters. The summed E-state index contributed by atoms with van der Waals surface area (Å²) in [6, 6.07) is 4.16. The number of nitrogens with zero attached hydrogens (tertiary/aromatic N) is 3. The Hall–Kier alpha value is -2.17. The van der Waals surface area contributed by atoms with Gasteiger partial charge in [-0.3, -0.25) is 19.3 Å². The van der Waals surface area contributed by atoms with Crippen LogP contribution in [-0.4, -0.2) is 102 Å². The number of amides is 3. The van der Waals surface area contributed by atoms with Gasteiger partial charge < -0.3 is 25.2 Å². The molecule has 5 aliphatic rings. The summed E-state index contributed by atoms with van der Waals surface area (Å²) in [4.78, 5) is 48.3. The zero-order valence-corrected chi connectivity index (χ0v) is 25.0. The van der Waals surface area contributed by atoms with E-state index in [9.17, 15) is 14.4 Å². The molecule has 11 heteroatoms. The lowest BCUT2D eigenvalue weighted by Gasteiger charge is -2.37. The van der Waals surface area contributed by atoms with Crippen molar-refractivity contribution < 1.29 is 19.1 Å². The van der Waals surface area contributed by atoms with Gasteiger partial charge in [-0.1, -0.05) is 61.5 Å². The van der Waals surface area contributed by atoms with Crippen molar-refractivity contribution in [3.05, 3.63) is 40.4 Å². The molecule has 0 unspecified atom stereocenters. The van der Waals surface area contributed by atoms with Crippen molar-refractivity contribution in [3.8, 4) is 0 Å². The van der Waals surface area contributed by atoms with E-state index in [1.165, 1.54) is 6.42 Å². The van der Waals surface area contributed by atoms with Crippen LogP contribution in [0, 0.1) is 11.8 Å². The maximum Gasteiger partial charge on any atom is 0.246 e. The summed E-state index contributed by atoms with van der Waals surface area (Å²) in [5, 5.41) is 6.87. The number of anilines is 1. The molecule has 1 aromatic rings. The summed E-state index contributed by atoms with van der Waals surface area (Å²) in [5.41, 5.74) is -0.675. The minimum Gasteiger partial charge on any atom is -0.359 e. The summed E-state index contributed by atoms with van der Waals surface area (Å²) in [7, 11) is 0. The van der Waals surface area contributed by atoms with Crippen molar-refractivity contribution in [1.82, 2.24) is 20.0 Å². The van der Waals surface area contributed by atoms with Gasteiger partial charge >= 0.3 is 0 Å². The Morgan fingerprint density at radius 1 is 1.00 bits per heavy atom. The van der Waals surface area contributed by atoms with Gasteiger partial charge in [0, 0.05) is 51.0 Å². The van der Waals surface area contributed by atoms with Gasteiger partial charge in [-0.15, -0.1) is 0 Å². The molecule has 41 heavy (non-hydrogen) atoms. The fraction of sp³-hybridized carbons (Fsp3) is 0.633. The molecule has 6 rings (SSSR count). The number of benzene rings is 1. The first-order chi connectivity index (χ1) is 19.8. The molecular weight excluding hydrogens is 565 g/mol. The average Bonchev–Trinajstić information content (AvgIpc) is 3.62. The summed E-state index contributed by atoms with van der Waals surface area (Å²) in [6.07, 6.45) is 8.38. The number of nitrogens with one attached hydrogen (secondary N) is 2. The molecule has 2 bridgehead atoms. The Balaban J connectivity index is 1.24. The molecule has 4 fully saturated rings. The summed E-state index contributed by atoms with van der Waals surface area (Å²) in [6.45, 7) is 8.13. The normalized spacial score (nSPS) is 32.0. The van der Waals surface area contributed by atoms with Gasteiger partial charge in [0.15, 0.2) is 0 Å². The lowest BCUT2D eigenvalue weighted by molar-refractivity contribution is -0.141. The van der Waals surface area contributed by atoms with Gasteiger partial charge in [-0.05, 0) is 37.6 Å². The average molecular weight is 605 g/mol. The largest absolute Gasteiger partial charge is 0.359 e. The molecule has 1 saturated carbocycles. The number of halogens is 2. The van der Waals surface area contributed by atoms with Gasteiger partial charge in [0.1, 0.15) is 11.6 Å². The van der Waals surface area contributed by atoms with Crippen LogP contribution < -0.4 is 10.6 Å². The first-order valence-electron chi connectivity index (χ1n) is 15.0. The van der Waals surface area contributed by atoms with Crippen LogP contribution in [0.25, 0.3) is 0 Å². The third-order valence-corrected chi connectivity index (χ3v) is 10.4. The summed E-state index contributed by atoms with van der Waals surface area (Å²) >= 11 is 12.2. The zero-order chi connectivity index (χ0) is 28.7. The summed E-state index contributed by atoms with van der Waals surface area (Å²) < 4.78 is 6.48. The van der Waals surface area contributed by atoms with Gasteiger partial charge in [-0.25, -0.2) is 0 Å². The minimum absolute atomic E-state index is 0.0992. The van der Waals surface area contributed by atoms with Crippen molar-refractivity contribution in [1.29, 1.82) is 0 Å². The first-order valence-corrected chi connectivity index (χ1v) is 15.7. The second-order valence-corrected chi connectivity index (χ2v) is 12.8. The van der Waals surface area contributed by atoms with Crippen LogP contribution >= 0.6 is 23.2 Å². The van der Waals surface area contributed by atoms with Crippen LogP contribution in [0.2, 0.25) is 10.0 Å². The molecule has 4 aliphatic heterocycles. The molecule has 4 heterocycles. The fourth-order valence-corrected chi connectivity index (χ4v) is 7.71. The van der Waals surface area contributed by atoms with Crippen molar-refractivity contribution in [2.24, 2.45) is 11.8 Å². The predicted molar refractivity (Wildman–Crippen MR) is 158 cm³/mol. The minimum atomic E-state index is -1.17. The van der Waals surface area contributed by atoms with E-state index in [-0.39, 0.29) is 23.8 Å². The first kappa shape index (κ1) is 28.9. The maximum absolute atomic E-state index is 14.2. The fourth-order valence-electron chi connectivity index (χ4n) is 7.41. The summed E-state index contributed by atoms with van der Waals surface area (Å²) in [5.74, 6) is -2.24. The highest BCUT2D eigenvalue weighted by atomic mass is 35.5. The number of rotatable bonds is 8. The van der Waals surface area contributed by atoms with Gasteiger partial charge in [0.25, 0.3) is 0 Å². The van der Waals surface area contributed by atoms with E-state index in [0.29, 0.717) is 28.8 Å². The number of ether oxygens (including phenoxy) is 1. The maximum atomic E-state index is 14.2. The molecular formula is C30H39Cl2N5O4. The third kappa shape index (κ3) is 5.40. The molecule has 3 amide bonds. The van der Waals surface area contributed by atoms with Crippen LogP contribution in [-0.2, 0) is 19.1 Å². The van der Waals surface area contributed by atoms with Crippen molar-refractivity contribution in [2.75, 3.05) is 51.1 Å². The van der Waals surface area contributed by atoms with Crippen LogP contribution in [0.3, 0.4) is 0 Å². The van der Waals surface area contributed by atoms with Gasteiger partial charge in [0.2, 0.25) is 17.7 Å². The molecule has 1 aliphatic carbocycles. The second-order valence-electron chi connectivity index (χ2n) is 12.0. The van der Waals surface area contributed by atoms with E-state index >= 15 is 0 Å². The highest BCUT2D eigenvalue weighted by Gasteiger charge is 2.72. The molecule has 2 N–H and O–H groups in total. The van der Waals surface area contributed by atoms with Crippen molar-refractivity contribution >= 4 is 46.6 Å². The van der Waals surface area contributed by atoms with E-state index in [0.717, 1.165) is 58.4 Å². The Morgan fingerprint density at radius 3 is 2.44 bits per heavy atom. The third-order valence-electron chi connectivity index (χ3n) is 9.63. The molecule has 1 aromatic carbocycles. The van der Waals surface area contributed by atoms with Crippen molar-refractivity contribution in [3.63, 3.8) is 0 Å². The monoisotopic (exact) mass is 603 g/mol. The van der Waals surface area contributed by atoms with E-state index in [1.54, 1.807) is 23.1 Å². The number of carbonyl (C=O) groups is 3. The molecule has 1 spiro atoms. The number of likely N-dealkylation sites (tertiary alicyclic amines) is 1. The Morgan fingerprint density at radius 2 is 1.73 bits per heavy atom. The van der Waals surface area contributed by atoms with Crippen LogP contribution in [0.15, 0.2) is 30.4 Å². The number of carbonyl (C=O) groups excluding carboxylic acids is 3. The van der Waals surface area contributed by atoms with Crippen LogP contribution in [0.5, 0.6) is 0 Å². The SMILES string of the molecule is CCN1CCN(CCN2C(=O)[C@H]3[C@H](C(=O)Nc4ccc(Cl)c(Cl)c4)[C@H]4C=C[C@@]3(O4)[C@H]2C(=O)NC2CCCCC2)CC1. The lowest BCUT2D eigenvalue weighted by Crippen LogP contribution is -2.57.